The first kappa shape index (κ1) is 22.8. The van der Waals surface area contributed by atoms with Crippen molar-refractivity contribution in [2.75, 3.05) is 11.3 Å². The quantitative estimate of drug-likeness (QED) is 0.287. The molecule has 1 heterocycles. The summed E-state index contributed by atoms with van der Waals surface area (Å²) < 4.78 is 33.0. The lowest BCUT2D eigenvalue weighted by Gasteiger charge is -2.10. The van der Waals surface area contributed by atoms with Crippen molar-refractivity contribution in [3.05, 3.63) is 79.7 Å². The molecule has 11 nitrogen and oxygen atoms in total. The molecule has 0 aliphatic rings. The van der Waals surface area contributed by atoms with E-state index in [9.17, 15) is 33.4 Å². The fraction of sp³-hybridized carbons (Fsp3) is 0.105. The third kappa shape index (κ3) is 4.73. The number of carbonyl (C=O) groups is 1. The van der Waals surface area contributed by atoms with Crippen molar-refractivity contribution in [2.45, 2.75) is 11.8 Å². The van der Waals surface area contributed by atoms with Crippen LogP contribution in [0.25, 0.3) is 11.1 Å². The maximum absolute atomic E-state index is 12.8. The van der Waals surface area contributed by atoms with Gasteiger partial charge in [-0.1, -0.05) is 18.2 Å². The summed E-state index contributed by atoms with van der Waals surface area (Å²) in [5, 5.41) is 23.5. The molecule has 166 valence electrons. The van der Waals surface area contributed by atoms with Gasteiger partial charge in [-0.15, -0.1) is 11.3 Å². The van der Waals surface area contributed by atoms with Crippen LogP contribution < -0.4 is 4.72 Å². The van der Waals surface area contributed by atoms with Crippen LogP contribution in [0.5, 0.6) is 0 Å². The molecule has 1 aromatic heterocycles. The van der Waals surface area contributed by atoms with Crippen LogP contribution >= 0.6 is 11.3 Å². The molecule has 3 aromatic rings. The molecule has 32 heavy (non-hydrogen) atoms. The van der Waals surface area contributed by atoms with Crippen LogP contribution in [0.15, 0.2) is 58.8 Å². The van der Waals surface area contributed by atoms with Crippen LogP contribution in [0.1, 0.15) is 17.3 Å². The van der Waals surface area contributed by atoms with E-state index in [2.05, 4.69) is 4.72 Å². The van der Waals surface area contributed by atoms with Crippen molar-refractivity contribution in [1.29, 1.82) is 0 Å². The molecule has 0 saturated carbocycles. The Labute approximate surface area is 185 Å². The normalized spacial score (nSPS) is 11.0. The Morgan fingerprint density at radius 3 is 2.31 bits per heavy atom. The van der Waals surface area contributed by atoms with E-state index in [0.717, 1.165) is 23.5 Å². The van der Waals surface area contributed by atoms with Gasteiger partial charge in [-0.3, -0.25) is 25.0 Å². The molecule has 2 aromatic carbocycles. The molecule has 0 radical (unpaired) electrons. The predicted octanol–water partition coefficient (Wildman–Crippen LogP) is 4.21. The number of anilines is 1. The average molecular weight is 477 g/mol. The number of esters is 1. The van der Waals surface area contributed by atoms with E-state index >= 15 is 0 Å². The molecule has 0 aliphatic carbocycles. The van der Waals surface area contributed by atoms with Crippen molar-refractivity contribution in [1.82, 2.24) is 0 Å². The Morgan fingerprint density at radius 2 is 1.69 bits per heavy atom. The van der Waals surface area contributed by atoms with E-state index in [1.807, 2.05) is 0 Å². The van der Waals surface area contributed by atoms with Crippen molar-refractivity contribution in [2.24, 2.45) is 0 Å². The molecule has 0 bridgehead atoms. The molecular weight excluding hydrogens is 462 g/mol. The number of hydrogen-bond donors (Lipinski definition) is 1. The summed E-state index contributed by atoms with van der Waals surface area (Å²) in [4.78, 5) is 33.0. The highest BCUT2D eigenvalue weighted by molar-refractivity contribution is 7.93. The topological polar surface area (TPSA) is 159 Å². The van der Waals surface area contributed by atoms with Gasteiger partial charge in [0.05, 0.1) is 21.3 Å². The second-order valence-corrected chi connectivity index (χ2v) is 8.80. The van der Waals surface area contributed by atoms with Crippen LogP contribution in [0.3, 0.4) is 0 Å². The summed E-state index contributed by atoms with van der Waals surface area (Å²) in [6, 6.07) is 9.95. The van der Waals surface area contributed by atoms with Gasteiger partial charge in [0.15, 0.2) is 0 Å². The molecule has 0 unspecified atom stereocenters. The molecule has 0 fully saturated rings. The zero-order valence-electron chi connectivity index (χ0n) is 16.4. The number of rotatable bonds is 8. The summed E-state index contributed by atoms with van der Waals surface area (Å²) in [6.45, 7) is 1.59. The minimum atomic E-state index is -4.29. The van der Waals surface area contributed by atoms with Crippen LogP contribution in [-0.2, 0) is 14.8 Å². The predicted molar refractivity (Wildman–Crippen MR) is 116 cm³/mol. The number of nitro groups is 2. The Kier molecular flexibility index (Phi) is 6.50. The number of benzene rings is 2. The first-order valence-electron chi connectivity index (χ1n) is 8.94. The monoisotopic (exact) mass is 477 g/mol. The number of non-ortho nitro benzene ring substituents is 2. The van der Waals surface area contributed by atoms with Crippen molar-refractivity contribution >= 4 is 43.7 Å². The zero-order valence-corrected chi connectivity index (χ0v) is 18.0. The Bertz CT molecular complexity index is 1320. The molecule has 0 aliphatic heterocycles. The first-order valence-corrected chi connectivity index (χ1v) is 11.3. The summed E-state index contributed by atoms with van der Waals surface area (Å²) in [7, 11) is -4.29. The van der Waals surface area contributed by atoms with E-state index in [1.54, 1.807) is 6.92 Å². The molecule has 0 amide bonds. The molecule has 0 atom stereocenters. The molecule has 1 N–H and O–H groups in total. The number of nitrogens with one attached hydrogen (secondary N) is 1. The highest BCUT2D eigenvalue weighted by Crippen LogP contribution is 2.38. The van der Waals surface area contributed by atoms with Gasteiger partial charge in [0.1, 0.15) is 10.6 Å². The second kappa shape index (κ2) is 9.11. The summed E-state index contributed by atoms with van der Waals surface area (Å²) in [5.41, 5.74) is -0.177. The standard InChI is InChI=1S/C19H15N3O8S2/c1-2-30-19(23)17-16(12-5-3-6-13(9-12)21(24)25)11-31-18(17)20-32(28,29)15-8-4-7-14(10-15)22(26)27/h3-11,20H,2H2,1H3. The maximum Gasteiger partial charge on any atom is 0.341 e. The third-order valence-electron chi connectivity index (χ3n) is 4.20. The van der Waals surface area contributed by atoms with E-state index in [-0.39, 0.29) is 33.3 Å². The molecule has 3 rings (SSSR count). The molecule has 0 spiro atoms. The Hall–Kier alpha value is -3.84. The van der Waals surface area contributed by atoms with Gasteiger partial charge in [-0.05, 0) is 18.6 Å². The van der Waals surface area contributed by atoms with Gasteiger partial charge < -0.3 is 4.74 Å². The van der Waals surface area contributed by atoms with Gasteiger partial charge in [0.2, 0.25) is 0 Å². The highest BCUT2D eigenvalue weighted by Gasteiger charge is 2.26. The minimum absolute atomic E-state index is 0.0140. The zero-order chi connectivity index (χ0) is 23.5. The minimum Gasteiger partial charge on any atom is -0.462 e. The summed E-state index contributed by atoms with van der Waals surface area (Å²) >= 11 is 0.877. The van der Waals surface area contributed by atoms with Crippen LogP contribution in [0.4, 0.5) is 16.4 Å². The lowest BCUT2D eigenvalue weighted by atomic mass is 10.0. The number of nitrogens with zero attached hydrogens (tertiary/aromatic N) is 2. The Balaban J connectivity index is 2.08. The average Bonchev–Trinajstić information content (AvgIpc) is 3.17. The van der Waals surface area contributed by atoms with Crippen molar-refractivity contribution in [3.63, 3.8) is 0 Å². The van der Waals surface area contributed by atoms with Crippen LogP contribution in [-0.4, -0.2) is 30.8 Å². The number of carbonyl (C=O) groups excluding carboxylic acids is 1. The number of ether oxygens (including phenoxy) is 1. The fourth-order valence-electron chi connectivity index (χ4n) is 2.78. The van der Waals surface area contributed by atoms with Gasteiger partial charge in [-0.25, -0.2) is 13.2 Å². The van der Waals surface area contributed by atoms with Crippen molar-refractivity contribution < 1.29 is 27.8 Å². The van der Waals surface area contributed by atoms with E-state index in [4.69, 9.17) is 4.74 Å². The SMILES string of the molecule is CCOC(=O)c1c(-c2cccc([N+](=O)[O-])c2)csc1NS(=O)(=O)c1cccc([N+](=O)[O-])c1. The maximum atomic E-state index is 12.8. The van der Waals surface area contributed by atoms with Crippen molar-refractivity contribution in [3.8, 4) is 11.1 Å². The number of nitro benzene ring substituents is 2. The summed E-state index contributed by atoms with van der Waals surface area (Å²) in [6.07, 6.45) is 0. The van der Waals surface area contributed by atoms with E-state index < -0.39 is 31.5 Å². The second-order valence-electron chi connectivity index (χ2n) is 6.24. The molecule has 13 heteroatoms. The third-order valence-corrected chi connectivity index (χ3v) is 6.58. The fourth-order valence-corrected chi connectivity index (χ4v) is 5.10. The van der Waals surface area contributed by atoms with Crippen LogP contribution in [0.2, 0.25) is 0 Å². The van der Waals surface area contributed by atoms with Crippen LogP contribution in [0, 0.1) is 20.2 Å². The van der Waals surface area contributed by atoms with E-state index in [0.29, 0.717) is 5.56 Å². The highest BCUT2D eigenvalue weighted by atomic mass is 32.2. The van der Waals surface area contributed by atoms with Gasteiger partial charge in [-0.2, -0.15) is 0 Å². The molecule has 0 saturated heterocycles. The van der Waals surface area contributed by atoms with Gasteiger partial charge >= 0.3 is 5.97 Å². The number of thiophene rings is 1. The number of hydrogen-bond acceptors (Lipinski definition) is 9. The lowest BCUT2D eigenvalue weighted by Crippen LogP contribution is -2.15. The van der Waals surface area contributed by atoms with Gasteiger partial charge in [0, 0.05) is 35.2 Å². The lowest BCUT2D eigenvalue weighted by molar-refractivity contribution is -0.385. The smallest absolute Gasteiger partial charge is 0.341 e. The largest absolute Gasteiger partial charge is 0.462 e. The summed E-state index contributed by atoms with van der Waals surface area (Å²) in [5.74, 6) is -0.827. The molecular formula is C19H15N3O8S2. The number of sulfonamides is 1. The Morgan fingerprint density at radius 1 is 1.06 bits per heavy atom. The first-order chi connectivity index (χ1) is 15.1. The van der Waals surface area contributed by atoms with Gasteiger partial charge in [0.25, 0.3) is 21.4 Å². The van der Waals surface area contributed by atoms with E-state index in [1.165, 1.54) is 41.8 Å².